The van der Waals surface area contributed by atoms with Crippen molar-refractivity contribution in [1.82, 2.24) is 5.48 Å². The van der Waals surface area contributed by atoms with Crippen molar-refractivity contribution in [1.29, 1.82) is 0 Å². The van der Waals surface area contributed by atoms with Crippen LogP contribution in [0.5, 0.6) is 0 Å². The van der Waals surface area contributed by atoms with Crippen molar-refractivity contribution < 1.29 is 27.6 Å². The second-order valence-electron chi connectivity index (χ2n) is 1.28. The van der Waals surface area contributed by atoms with Gasteiger partial charge in [0, 0.05) is 0 Å². The lowest BCUT2D eigenvalue weighted by Gasteiger charge is -2.08. The normalized spacial score (nSPS) is 10.5. The minimum absolute atomic E-state index is 1.06. The van der Waals surface area contributed by atoms with Gasteiger partial charge in [0.2, 0.25) is 0 Å². The van der Waals surface area contributed by atoms with Gasteiger partial charge in [-0.05, 0) is 0 Å². The average molecular weight is 188 g/mol. The molecule has 8 heteroatoms. The topological polar surface area (TPSA) is 55.4 Å². The van der Waals surface area contributed by atoms with Crippen LogP contribution in [0.15, 0.2) is 0 Å². The Morgan fingerprint density at radius 1 is 1.36 bits per heavy atom. The van der Waals surface area contributed by atoms with E-state index in [1.807, 2.05) is 0 Å². The summed E-state index contributed by atoms with van der Waals surface area (Å²) >= 11 is 3.73. The highest BCUT2D eigenvalue weighted by atomic mass is 32.1. The molecule has 1 N–H and O–H groups in total. The number of nitrogens with one attached hydrogen (secondary N) is 1. The van der Waals surface area contributed by atoms with Gasteiger partial charge in [0.25, 0.3) is 0 Å². The number of hydrogen-bond donors (Lipinski definition) is 1. The second kappa shape index (κ2) is 3.37. The first-order valence-corrected chi connectivity index (χ1v) is 2.50. The molecule has 0 aromatic heterocycles. The predicted octanol–water partition coefficient (Wildman–Crippen LogP) is 0.263. The Morgan fingerprint density at radius 2 is 1.82 bits per heavy atom. The molecule has 0 aromatic carbocycles. The van der Waals surface area contributed by atoms with Gasteiger partial charge < -0.3 is 17.5 Å². The van der Waals surface area contributed by atoms with Crippen molar-refractivity contribution in [2.45, 2.75) is 6.18 Å². The molecule has 0 bridgehead atoms. The number of alkyl halides is 3. The highest BCUT2D eigenvalue weighted by molar-refractivity contribution is 7.76. The van der Waals surface area contributed by atoms with Gasteiger partial charge in [-0.2, -0.15) is 13.2 Å². The van der Waals surface area contributed by atoms with E-state index in [0.29, 0.717) is 0 Å². The van der Waals surface area contributed by atoms with Crippen molar-refractivity contribution in [3.63, 3.8) is 0 Å². The molecule has 0 atom stereocenters. The van der Waals surface area contributed by atoms with E-state index >= 15 is 0 Å². The molecule has 0 saturated carbocycles. The summed E-state index contributed by atoms with van der Waals surface area (Å²) in [7, 11) is 0. The summed E-state index contributed by atoms with van der Waals surface area (Å²) in [5.41, 5.74) is 1.06. The standard InChI is InChI=1S/C3H2F3NO3S/c4-3(5,6)1(8)10-7-2(9)11/h(H2,7,9,11)/p-1. The summed E-state index contributed by atoms with van der Waals surface area (Å²) in [6, 6.07) is 0. The molecule has 0 saturated heterocycles. The van der Waals surface area contributed by atoms with E-state index in [1.54, 1.807) is 0 Å². The first-order chi connectivity index (χ1) is 4.84. The van der Waals surface area contributed by atoms with Gasteiger partial charge in [-0.1, -0.05) is 0 Å². The molecular weight excluding hydrogens is 187 g/mol. The molecule has 0 rings (SSSR count). The van der Waals surface area contributed by atoms with E-state index in [-0.39, 0.29) is 0 Å². The zero-order chi connectivity index (χ0) is 9.07. The van der Waals surface area contributed by atoms with Crippen LogP contribution in [0.2, 0.25) is 0 Å². The summed E-state index contributed by atoms with van der Waals surface area (Å²) < 4.78 is 33.7. The van der Waals surface area contributed by atoms with E-state index in [9.17, 15) is 22.8 Å². The number of halogens is 3. The Kier molecular flexibility index (Phi) is 3.05. The van der Waals surface area contributed by atoms with E-state index < -0.39 is 17.4 Å². The van der Waals surface area contributed by atoms with Gasteiger partial charge in [-0.15, -0.1) is 0 Å². The maximum absolute atomic E-state index is 11.2. The van der Waals surface area contributed by atoms with Crippen LogP contribution in [0.3, 0.4) is 0 Å². The fraction of sp³-hybridized carbons (Fsp3) is 0.333. The van der Waals surface area contributed by atoms with Crippen LogP contribution < -0.4 is 5.48 Å². The third-order valence-corrected chi connectivity index (χ3v) is 0.542. The fourth-order valence-electron chi connectivity index (χ4n) is 0.146. The molecule has 0 aliphatic rings. The van der Waals surface area contributed by atoms with E-state index in [0.717, 1.165) is 5.48 Å². The van der Waals surface area contributed by atoms with Crippen molar-refractivity contribution in [3.05, 3.63) is 0 Å². The van der Waals surface area contributed by atoms with E-state index in [4.69, 9.17) is 0 Å². The molecule has 64 valence electrons. The Bertz CT molecular complexity index is 179. The summed E-state index contributed by atoms with van der Waals surface area (Å²) in [6.45, 7) is 0. The minimum atomic E-state index is -5.13. The van der Waals surface area contributed by atoms with E-state index in [1.165, 1.54) is 0 Å². The SMILES string of the molecule is O=C([S-])NOC(=O)C(F)(F)F. The third kappa shape index (κ3) is 4.37. The fourth-order valence-corrected chi connectivity index (χ4v) is 0.188. The van der Waals surface area contributed by atoms with Gasteiger partial charge >= 0.3 is 12.1 Å². The number of amides is 1. The van der Waals surface area contributed by atoms with Gasteiger partial charge in [0.1, 0.15) is 5.24 Å². The predicted molar refractivity (Wildman–Crippen MR) is 28.0 cm³/mol. The molecule has 0 aliphatic heterocycles. The Hall–Kier alpha value is -1.05. The lowest BCUT2D eigenvalue weighted by molar-refractivity contribution is -0.204. The molecule has 0 unspecified atom stereocenters. The number of hydrogen-bond acceptors (Lipinski definition) is 4. The lowest BCUT2D eigenvalue weighted by Crippen LogP contribution is -2.33. The molecule has 4 nitrogen and oxygen atoms in total. The molecule has 0 radical (unpaired) electrons. The molecule has 0 spiro atoms. The number of carbonyl (C=O) groups is 2. The van der Waals surface area contributed by atoms with Crippen LogP contribution in [0.4, 0.5) is 18.0 Å². The Balaban J connectivity index is 3.80. The monoisotopic (exact) mass is 188 g/mol. The molecule has 0 aromatic rings. The Labute approximate surface area is 64.1 Å². The number of carbonyl (C=O) groups excluding carboxylic acids is 2. The highest BCUT2D eigenvalue weighted by Crippen LogP contribution is 2.15. The first kappa shape index (κ1) is 9.95. The van der Waals surface area contributed by atoms with Crippen molar-refractivity contribution in [3.8, 4) is 0 Å². The molecular formula is C3HF3NO3S-. The molecule has 11 heavy (non-hydrogen) atoms. The summed E-state index contributed by atoms with van der Waals surface area (Å²) in [4.78, 5) is 22.7. The average Bonchev–Trinajstić information content (AvgIpc) is 1.80. The molecule has 0 aliphatic carbocycles. The van der Waals surface area contributed by atoms with Crippen LogP contribution >= 0.6 is 0 Å². The second-order valence-corrected chi connectivity index (χ2v) is 1.65. The zero-order valence-electron chi connectivity index (χ0n) is 4.77. The van der Waals surface area contributed by atoms with Crippen LogP contribution in [0, 0.1) is 0 Å². The van der Waals surface area contributed by atoms with E-state index in [2.05, 4.69) is 17.5 Å². The molecule has 0 fully saturated rings. The van der Waals surface area contributed by atoms with Crippen LogP contribution in [0.1, 0.15) is 0 Å². The van der Waals surface area contributed by atoms with Gasteiger partial charge in [-0.3, -0.25) is 4.79 Å². The van der Waals surface area contributed by atoms with Gasteiger partial charge in [-0.25, -0.2) is 10.3 Å². The summed E-state index contributed by atoms with van der Waals surface area (Å²) in [5.74, 6) is -2.52. The quantitative estimate of drug-likeness (QED) is 0.437. The van der Waals surface area contributed by atoms with Crippen LogP contribution in [0.25, 0.3) is 0 Å². The van der Waals surface area contributed by atoms with Crippen molar-refractivity contribution in [2.24, 2.45) is 0 Å². The highest BCUT2D eigenvalue weighted by Gasteiger charge is 2.41. The maximum Gasteiger partial charge on any atom is 0.493 e. The Morgan fingerprint density at radius 3 is 2.09 bits per heavy atom. The summed E-state index contributed by atoms with van der Waals surface area (Å²) in [6.07, 6.45) is -5.13. The van der Waals surface area contributed by atoms with Crippen LogP contribution in [-0.2, 0) is 22.3 Å². The van der Waals surface area contributed by atoms with Crippen molar-refractivity contribution >= 4 is 23.8 Å². The third-order valence-electron chi connectivity index (χ3n) is 0.459. The van der Waals surface area contributed by atoms with Gasteiger partial charge in [0.15, 0.2) is 0 Å². The lowest BCUT2D eigenvalue weighted by atomic mass is 10.7. The first-order valence-electron chi connectivity index (χ1n) is 2.09. The molecule has 1 amide bonds. The van der Waals surface area contributed by atoms with Crippen molar-refractivity contribution in [2.75, 3.05) is 0 Å². The minimum Gasteiger partial charge on any atom is -0.716 e. The van der Waals surface area contributed by atoms with Crippen LogP contribution in [-0.4, -0.2) is 17.4 Å². The summed E-state index contributed by atoms with van der Waals surface area (Å²) in [5, 5.41) is -1.30. The largest absolute Gasteiger partial charge is 0.716 e. The molecule has 0 heterocycles. The zero-order valence-corrected chi connectivity index (χ0v) is 5.58. The maximum atomic E-state index is 11.2. The van der Waals surface area contributed by atoms with Gasteiger partial charge in [0.05, 0.1) is 0 Å². The number of hydroxylamine groups is 1. The smallest absolute Gasteiger partial charge is 0.493 e. The number of rotatable bonds is 0.